The predicted octanol–water partition coefficient (Wildman–Crippen LogP) is 2.08. The van der Waals surface area contributed by atoms with E-state index in [-0.39, 0.29) is 30.3 Å². The van der Waals surface area contributed by atoms with Crippen molar-refractivity contribution in [3.05, 3.63) is 23.8 Å². The highest BCUT2D eigenvalue weighted by molar-refractivity contribution is 6.04. The number of fused-ring (bicyclic) bond motifs is 1. The van der Waals surface area contributed by atoms with Gasteiger partial charge in [-0.05, 0) is 25.5 Å². The highest BCUT2D eigenvalue weighted by Crippen LogP contribution is 2.33. The van der Waals surface area contributed by atoms with Crippen LogP contribution in [0.25, 0.3) is 0 Å². The Morgan fingerprint density at radius 3 is 2.87 bits per heavy atom. The van der Waals surface area contributed by atoms with Crippen LogP contribution in [0.4, 0.5) is 5.69 Å². The van der Waals surface area contributed by atoms with Crippen LogP contribution in [0.3, 0.4) is 0 Å². The van der Waals surface area contributed by atoms with Crippen LogP contribution in [0, 0.1) is 0 Å². The van der Waals surface area contributed by atoms with Crippen molar-refractivity contribution in [1.29, 1.82) is 0 Å². The topological polar surface area (TPSA) is 93.4 Å². The van der Waals surface area contributed by atoms with E-state index < -0.39 is 6.10 Å². The van der Waals surface area contributed by atoms with Crippen molar-refractivity contribution in [1.82, 2.24) is 5.32 Å². The average Bonchev–Trinajstić information content (AvgIpc) is 2.51. The number of unbranched alkanes of at least 4 members (excludes halogenated alkanes) is 1. The summed E-state index contributed by atoms with van der Waals surface area (Å²) in [7, 11) is 0. The van der Waals surface area contributed by atoms with Crippen LogP contribution in [-0.2, 0) is 4.79 Å². The molecule has 1 heterocycles. The van der Waals surface area contributed by atoms with Gasteiger partial charge in [-0.15, -0.1) is 12.4 Å². The molecule has 0 aliphatic carbocycles. The molecule has 4 N–H and O–H groups in total. The first-order chi connectivity index (χ1) is 10.6. The molecule has 7 heteroatoms. The highest BCUT2D eigenvalue weighted by Gasteiger charge is 2.28. The van der Waals surface area contributed by atoms with E-state index in [2.05, 4.69) is 17.6 Å². The summed E-state index contributed by atoms with van der Waals surface area (Å²) in [5.74, 6) is -0.0297. The summed E-state index contributed by atoms with van der Waals surface area (Å²) in [6.07, 6.45) is 2.30. The lowest BCUT2D eigenvalue weighted by Crippen LogP contribution is -2.41. The number of carbonyl (C=O) groups is 2. The quantitative estimate of drug-likeness (QED) is 0.738. The van der Waals surface area contributed by atoms with Crippen molar-refractivity contribution in [2.45, 2.75) is 45.3 Å². The predicted molar refractivity (Wildman–Crippen MR) is 92.2 cm³/mol. The maximum Gasteiger partial charge on any atom is 0.265 e. The molecule has 0 spiro atoms. The molecule has 1 aromatic rings. The number of nitrogens with two attached hydrogens (primary N) is 1. The smallest absolute Gasteiger partial charge is 0.265 e. The fraction of sp³-hybridized carbons (Fsp3) is 0.500. The third-order valence-corrected chi connectivity index (χ3v) is 3.71. The number of nitrogens with one attached hydrogen (secondary N) is 2. The molecule has 0 saturated carbocycles. The number of carbonyl (C=O) groups excluding carboxylic acids is 2. The van der Waals surface area contributed by atoms with Gasteiger partial charge >= 0.3 is 0 Å². The van der Waals surface area contributed by atoms with Gasteiger partial charge in [0, 0.05) is 12.6 Å². The van der Waals surface area contributed by atoms with Gasteiger partial charge in [0.1, 0.15) is 0 Å². The number of benzene rings is 1. The Kier molecular flexibility index (Phi) is 7.32. The van der Waals surface area contributed by atoms with E-state index in [0.29, 0.717) is 23.5 Å². The molecule has 128 valence electrons. The lowest BCUT2D eigenvalue weighted by molar-refractivity contribution is -0.122. The first kappa shape index (κ1) is 19.3. The molecule has 2 unspecified atom stereocenters. The molecule has 2 rings (SSSR count). The summed E-state index contributed by atoms with van der Waals surface area (Å²) >= 11 is 0. The van der Waals surface area contributed by atoms with Gasteiger partial charge in [-0.25, -0.2) is 0 Å². The van der Waals surface area contributed by atoms with Crippen LogP contribution in [-0.4, -0.2) is 30.5 Å². The molecule has 1 aromatic carbocycles. The molecule has 0 saturated heterocycles. The van der Waals surface area contributed by atoms with Gasteiger partial charge in [-0.1, -0.05) is 25.8 Å². The number of rotatable bonds is 6. The van der Waals surface area contributed by atoms with Crippen LogP contribution >= 0.6 is 12.4 Å². The molecular formula is C16H24ClN3O3. The largest absolute Gasteiger partial charge is 0.478 e. The molecule has 2 atom stereocenters. The Morgan fingerprint density at radius 2 is 2.22 bits per heavy atom. The fourth-order valence-corrected chi connectivity index (χ4v) is 2.37. The second-order valence-electron chi connectivity index (χ2n) is 5.48. The van der Waals surface area contributed by atoms with E-state index in [9.17, 15) is 9.59 Å². The summed E-state index contributed by atoms with van der Waals surface area (Å²) in [6, 6.07) is 5.06. The SMILES string of the molecule is CCCCC(CN)NC(=O)c1cccc2c1OC(C)C(=O)N2.Cl. The van der Waals surface area contributed by atoms with E-state index in [4.69, 9.17) is 10.5 Å². The van der Waals surface area contributed by atoms with Crippen LogP contribution in [0.1, 0.15) is 43.5 Å². The standard InChI is InChI=1S/C16H23N3O3.ClH/c1-3-4-6-11(9-17)18-16(21)12-7-5-8-13-14(12)22-10(2)15(20)19-13;/h5,7-8,10-11H,3-4,6,9,17H2,1-2H3,(H,18,21)(H,19,20);1H. The maximum atomic E-state index is 12.5. The fourth-order valence-electron chi connectivity index (χ4n) is 2.37. The Morgan fingerprint density at radius 1 is 1.48 bits per heavy atom. The van der Waals surface area contributed by atoms with Crippen molar-refractivity contribution in [3.63, 3.8) is 0 Å². The number of para-hydroxylation sites is 1. The lowest BCUT2D eigenvalue weighted by atomic mass is 10.1. The van der Waals surface area contributed by atoms with Crippen molar-refractivity contribution in [3.8, 4) is 5.75 Å². The van der Waals surface area contributed by atoms with Crippen molar-refractivity contribution in [2.24, 2.45) is 5.73 Å². The lowest BCUT2D eigenvalue weighted by Gasteiger charge is -2.25. The third-order valence-electron chi connectivity index (χ3n) is 3.71. The molecule has 1 aliphatic rings. The normalized spacial score (nSPS) is 17.2. The van der Waals surface area contributed by atoms with Gasteiger partial charge in [-0.3, -0.25) is 9.59 Å². The number of amides is 2. The zero-order chi connectivity index (χ0) is 16.1. The van der Waals surface area contributed by atoms with Gasteiger partial charge in [0.25, 0.3) is 11.8 Å². The zero-order valence-electron chi connectivity index (χ0n) is 13.4. The monoisotopic (exact) mass is 341 g/mol. The number of halogens is 1. The van der Waals surface area contributed by atoms with Gasteiger partial charge in [0.2, 0.25) is 0 Å². The number of anilines is 1. The summed E-state index contributed by atoms with van der Waals surface area (Å²) < 4.78 is 5.59. The maximum absolute atomic E-state index is 12.5. The van der Waals surface area contributed by atoms with E-state index in [1.807, 2.05) is 0 Å². The van der Waals surface area contributed by atoms with E-state index >= 15 is 0 Å². The molecule has 2 amide bonds. The molecular weight excluding hydrogens is 318 g/mol. The van der Waals surface area contributed by atoms with E-state index in [1.54, 1.807) is 25.1 Å². The van der Waals surface area contributed by atoms with Gasteiger partial charge < -0.3 is 21.1 Å². The number of ether oxygens (including phenoxy) is 1. The Labute approximate surface area is 142 Å². The van der Waals surface area contributed by atoms with Crippen LogP contribution in [0.15, 0.2) is 18.2 Å². The number of hydrogen-bond acceptors (Lipinski definition) is 4. The minimum Gasteiger partial charge on any atom is -0.478 e. The first-order valence-corrected chi connectivity index (χ1v) is 7.68. The van der Waals surface area contributed by atoms with Crippen LogP contribution in [0.2, 0.25) is 0 Å². The van der Waals surface area contributed by atoms with Crippen molar-refractivity contribution < 1.29 is 14.3 Å². The molecule has 0 bridgehead atoms. The van der Waals surface area contributed by atoms with Gasteiger partial charge in [0.15, 0.2) is 11.9 Å². The third kappa shape index (κ3) is 4.59. The molecule has 6 nitrogen and oxygen atoms in total. The Balaban J connectivity index is 0.00000264. The summed E-state index contributed by atoms with van der Waals surface area (Å²) in [5, 5.41) is 5.68. The summed E-state index contributed by atoms with van der Waals surface area (Å²) in [5.41, 5.74) is 6.65. The Bertz CT molecular complexity index is 566. The average molecular weight is 342 g/mol. The van der Waals surface area contributed by atoms with Crippen molar-refractivity contribution >= 4 is 29.9 Å². The minimum atomic E-state index is -0.619. The second kappa shape index (κ2) is 8.74. The van der Waals surface area contributed by atoms with Crippen LogP contribution in [0.5, 0.6) is 5.75 Å². The molecule has 0 aromatic heterocycles. The zero-order valence-corrected chi connectivity index (χ0v) is 14.2. The van der Waals surface area contributed by atoms with Crippen molar-refractivity contribution in [2.75, 3.05) is 11.9 Å². The van der Waals surface area contributed by atoms with Gasteiger partial charge in [0.05, 0.1) is 11.3 Å². The number of hydrogen-bond donors (Lipinski definition) is 3. The second-order valence-corrected chi connectivity index (χ2v) is 5.48. The summed E-state index contributed by atoms with van der Waals surface area (Å²) in [4.78, 5) is 24.1. The molecule has 23 heavy (non-hydrogen) atoms. The minimum absolute atomic E-state index is 0. The summed E-state index contributed by atoms with van der Waals surface area (Å²) in [6.45, 7) is 4.15. The first-order valence-electron chi connectivity index (χ1n) is 7.68. The van der Waals surface area contributed by atoms with Crippen LogP contribution < -0.4 is 21.1 Å². The molecule has 0 radical (unpaired) electrons. The van der Waals surface area contributed by atoms with E-state index in [1.165, 1.54) is 0 Å². The Hall–Kier alpha value is -1.79. The highest BCUT2D eigenvalue weighted by atomic mass is 35.5. The molecule has 1 aliphatic heterocycles. The van der Waals surface area contributed by atoms with Gasteiger partial charge in [-0.2, -0.15) is 0 Å². The molecule has 0 fully saturated rings. The van der Waals surface area contributed by atoms with E-state index in [0.717, 1.165) is 19.3 Å².